The van der Waals surface area contributed by atoms with E-state index in [-0.39, 0.29) is 6.17 Å². The van der Waals surface area contributed by atoms with Crippen LogP contribution in [-0.4, -0.2) is 4.98 Å². The number of hydrogen-bond acceptors (Lipinski definition) is 3. The molecule has 9 aromatic carbocycles. The fourth-order valence-corrected chi connectivity index (χ4v) is 13.1. The first-order chi connectivity index (χ1) is 29.8. The number of hydrogen-bond donors (Lipinski definition) is 1. The smallest absolute Gasteiger partial charge is 0.147 e. The normalized spacial score (nSPS) is 13.9. The van der Waals surface area contributed by atoms with Crippen LogP contribution in [0.15, 0.2) is 256 Å². The molecule has 1 N–H and O–H groups in total. The minimum absolute atomic E-state index is 0.135. The second-order valence-corrected chi connectivity index (χ2v) is 18.3. The topological polar surface area (TPSA) is 28.2 Å². The van der Waals surface area contributed by atoms with Crippen LogP contribution in [-0.2, 0) is 0 Å². The van der Waals surface area contributed by atoms with Gasteiger partial charge in [-0.25, -0.2) is 0 Å². The molecule has 0 amide bonds. The number of nitrogens with one attached hydrogen (secondary N) is 1. The zero-order valence-corrected chi connectivity index (χ0v) is 33.7. The molecule has 0 aliphatic carbocycles. The van der Waals surface area contributed by atoms with Gasteiger partial charge in [0.15, 0.2) is 0 Å². The fraction of sp³-hybridized carbons (Fsp3) is 0.0179. The first-order valence-corrected chi connectivity index (χ1v) is 22.1. The molecule has 0 saturated heterocycles. The van der Waals surface area contributed by atoms with E-state index in [9.17, 15) is 0 Å². The molecule has 4 heteroatoms. The third kappa shape index (κ3) is 5.87. The van der Waals surface area contributed by atoms with Crippen molar-refractivity contribution in [1.29, 1.82) is 0 Å². The Balaban J connectivity index is 1.08. The van der Waals surface area contributed by atoms with Gasteiger partial charge >= 0.3 is 0 Å². The van der Waals surface area contributed by atoms with E-state index < -0.39 is 10.0 Å². The Kier molecular flexibility index (Phi) is 8.98. The highest BCUT2D eigenvalue weighted by Crippen LogP contribution is 2.73. The maximum atomic E-state index is 4.78. The largest absolute Gasteiger partial charge is 0.358 e. The van der Waals surface area contributed by atoms with Gasteiger partial charge < -0.3 is 10.2 Å². The van der Waals surface area contributed by atoms with Gasteiger partial charge in [0, 0.05) is 31.5 Å². The summed E-state index contributed by atoms with van der Waals surface area (Å²) in [4.78, 5) is 12.4. The van der Waals surface area contributed by atoms with E-state index in [0.717, 1.165) is 22.8 Å². The molecule has 0 fully saturated rings. The molecule has 10 aromatic rings. The Morgan fingerprint density at radius 3 is 1.43 bits per heavy atom. The SMILES string of the molecule is c1ccc(S(c2ccccc2)(c2ccccc2)c2ccc(-c3c4ccccc4c(-c4cccc(N5c6ccccc6NC5c5ccccn5)c4)c4ccccc34)cc2)cc1. The lowest BCUT2D eigenvalue weighted by atomic mass is 9.86. The molecular formula is C56H41N3S. The summed E-state index contributed by atoms with van der Waals surface area (Å²) in [6.07, 6.45) is 1.74. The summed E-state index contributed by atoms with van der Waals surface area (Å²) in [7, 11) is -1.80. The maximum absolute atomic E-state index is 4.78. The summed E-state index contributed by atoms with van der Waals surface area (Å²) in [5.74, 6) is 0. The van der Waals surface area contributed by atoms with E-state index in [4.69, 9.17) is 4.98 Å². The predicted octanol–water partition coefficient (Wildman–Crippen LogP) is 15.3. The van der Waals surface area contributed by atoms with Crippen LogP contribution >= 0.6 is 10.0 Å². The van der Waals surface area contributed by atoms with Gasteiger partial charge in [-0.05, 0) is 129 Å². The van der Waals surface area contributed by atoms with Crippen LogP contribution < -0.4 is 10.2 Å². The minimum atomic E-state index is -1.80. The van der Waals surface area contributed by atoms with Gasteiger partial charge in [-0.1, -0.05) is 146 Å². The molecular weight excluding hydrogens is 747 g/mol. The van der Waals surface area contributed by atoms with Gasteiger partial charge in [0.2, 0.25) is 0 Å². The molecule has 1 aromatic heterocycles. The number of nitrogens with zero attached hydrogens (tertiary/aromatic N) is 2. The molecule has 1 atom stereocenters. The zero-order valence-electron chi connectivity index (χ0n) is 32.9. The summed E-state index contributed by atoms with van der Waals surface area (Å²) in [6.45, 7) is 0. The quantitative estimate of drug-likeness (QED) is 0.156. The van der Waals surface area contributed by atoms with Crippen LogP contribution in [0.5, 0.6) is 0 Å². The first-order valence-electron chi connectivity index (χ1n) is 20.5. The molecule has 1 aliphatic heterocycles. The van der Waals surface area contributed by atoms with E-state index in [1.165, 1.54) is 63.4 Å². The van der Waals surface area contributed by atoms with Gasteiger partial charge in [-0.3, -0.25) is 4.98 Å². The van der Waals surface area contributed by atoms with E-state index >= 15 is 0 Å². The fourth-order valence-electron chi connectivity index (χ4n) is 9.27. The molecule has 2 heterocycles. The molecule has 11 rings (SSSR count). The highest BCUT2D eigenvalue weighted by Gasteiger charge is 2.34. The number of benzene rings is 9. The van der Waals surface area contributed by atoms with E-state index in [2.05, 4.69) is 235 Å². The van der Waals surface area contributed by atoms with Crippen molar-refractivity contribution in [3.05, 3.63) is 242 Å². The van der Waals surface area contributed by atoms with Crippen molar-refractivity contribution in [2.45, 2.75) is 25.7 Å². The van der Waals surface area contributed by atoms with Crippen LogP contribution in [0.4, 0.5) is 17.1 Å². The Hall–Kier alpha value is -7.40. The highest BCUT2D eigenvalue weighted by molar-refractivity contribution is 8.34. The molecule has 1 unspecified atom stereocenters. The lowest BCUT2D eigenvalue weighted by molar-refractivity contribution is 0.793. The Bertz CT molecular complexity index is 2960. The first kappa shape index (κ1) is 35.7. The third-order valence-corrected chi connectivity index (χ3v) is 15.7. The van der Waals surface area contributed by atoms with Gasteiger partial charge in [0.05, 0.1) is 17.1 Å². The van der Waals surface area contributed by atoms with Gasteiger partial charge in [-0.15, -0.1) is 10.0 Å². The van der Waals surface area contributed by atoms with E-state index in [1.807, 2.05) is 12.3 Å². The van der Waals surface area contributed by atoms with E-state index in [0.29, 0.717) is 0 Å². The molecule has 0 spiro atoms. The molecule has 0 saturated carbocycles. The number of pyridine rings is 1. The van der Waals surface area contributed by atoms with Gasteiger partial charge in [0.1, 0.15) is 6.17 Å². The molecule has 0 bridgehead atoms. The lowest BCUT2D eigenvalue weighted by Crippen LogP contribution is -2.24. The predicted molar refractivity (Wildman–Crippen MR) is 251 cm³/mol. The number of rotatable bonds is 8. The maximum Gasteiger partial charge on any atom is 0.147 e. The van der Waals surface area contributed by atoms with Crippen LogP contribution in [0.3, 0.4) is 0 Å². The summed E-state index contributed by atoms with van der Waals surface area (Å²) < 4.78 is 0. The van der Waals surface area contributed by atoms with E-state index in [1.54, 1.807) is 0 Å². The van der Waals surface area contributed by atoms with Crippen molar-refractivity contribution < 1.29 is 0 Å². The average molecular weight is 788 g/mol. The summed E-state index contributed by atoms with van der Waals surface area (Å²) in [6, 6.07) is 84.2. The Morgan fingerprint density at radius 1 is 0.400 bits per heavy atom. The molecule has 60 heavy (non-hydrogen) atoms. The van der Waals surface area contributed by atoms with Gasteiger partial charge in [-0.2, -0.15) is 0 Å². The minimum Gasteiger partial charge on any atom is -0.358 e. The van der Waals surface area contributed by atoms with Crippen molar-refractivity contribution in [1.82, 2.24) is 4.98 Å². The van der Waals surface area contributed by atoms with Crippen LogP contribution in [0.1, 0.15) is 11.9 Å². The molecule has 1 aliphatic rings. The highest BCUT2D eigenvalue weighted by atomic mass is 32.3. The number of para-hydroxylation sites is 2. The third-order valence-electron chi connectivity index (χ3n) is 11.8. The number of aromatic nitrogens is 1. The standard InChI is InChI=1S/C56H41N3S/c1-4-21-43(22-5-1)60(44-23-6-2-7-24-44,45-25-8-3-9-26-45)46-36-34-40(35-37-46)54-47-27-10-12-29-49(47)55(50-30-13-11-28-48(50)54)41-19-18-20-42(39-41)59-53-33-15-14-31-51(53)58-56(59)52-32-16-17-38-57-52/h1-39,56,58H. The Labute approximate surface area is 352 Å². The van der Waals surface area contributed by atoms with Crippen molar-refractivity contribution >= 4 is 48.6 Å². The van der Waals surface area contributed by atoms with Crippen molar-refractivity contribution in [3.63, 3.8) is 0 Å². The van der Waals surface area contributed by atoms with Crippen LogP contribution in [0.25, 0.3) is 43.8 Å². The monoisotopic (exact) mass is 787 g/mol. The summed E-state index contributed by atoms with van der Waals surface area (Å²) >= 11 is 0. The second kappa shape index (κ2) is 15.1. The van der Waals surface area contributed by atoms with Crippen LogP contribution in [0, 0.1) is 0 Å². The Morgan fingerprint density at radius 2 is 0.883 bits per heavy atom. The lowest BCUT2D eigenvalue weighted by Gasteiger charge is -2.42. The average Bonchev–Trinajstić information content (AvgIpc) is 3.73. The molecule has 286 valence electrons. The van der Waals surface area contributed by atoms with Crippen molar-refractivity contribution in [3.8, 4) is 22.3 Å². The molecule has 0 radical (unpaired) electrons. The number of anilines is 3. The van der Waals surface area contributed by atoms with Crippen molar-refractivity contribution in [2.24, 2.45) is 0 Å². The number of fused-ring (bicyclic) bond motifs is 3. The van der Waals surface area contributed by atoms with Gasteiger partial charge in [0.25, 0.3) is 0 Å². The van der Waals surface area contributed by atoms with Crippen LogP contribution in [0.2, 0.25) is 0 Å². The zero-order chi connectivity index (χ0) is 39.9. The van der Waals surface area contributed by atoms with Crippen molar-refractivity contribution in [2.75, 3.05) is 10.2 Å². The molecule has 3 nitrogen and oxygen atoms in total. The summed E-state index contributed by atoms with van der Waals surface area (Å²) in [5.41, 5.74) is 9.17. The second-order valence-electron chi connectivity index (χ2n) is 15.2. The summed E-state index contributed by atoms with van der Waals surface area (Å²) in [5, 5.41) is 8.67.